The van der Waals surface area contributed by atoms with Crippen molar-refractivity contribution in [3.8, 4) is 6.07 Å². The molecule has 1 saturated heterocycles. The zero-order chi connectivity index (χ0) is 16.7. The summed E-state index contributed by atoms with van der Waals surface area (Å²) in [5.41, 5.74) is 3.40. The number of nitrogens with one attached hydrogen (secondary N) is 1. The molecule has 1 aliphatic rings. The number of aromatic nitrogens is 3. The second-order valence-corrected chi connectivity index (χ2v) is 6.61. The smallest absolute Gasteiger partial charge is 0.141 e. The molecule has 3 aromatic rings. The van der Waals surface area contributed by atoms with Gasteiger partial charge in [0.05, 0.1) is 17.1 Å². The van der Waals surface area contributed by atoms with Gasteiger partial charge in [0, 0.05) is 36.4 Å². The molecule has 0 aliphatic carbocycles. The predicted molar refractivity (Wildman–Crippen MR) is 95.0 cm³/mol. The van der Waals surface area contributed by atoms with Crippen LogP contribution >= 0.6 is 0 Å². The molecule has 122 valence electrons. The number of rotatable bonds is 2. The van der Waals surface area contributed by atoms with E-state index in [1.807, 2.05) is 12.3 Å². The fourth-order valence-electron chi connectivity index (χ4n) is 3.62. The van der Waals surface area contributed by atoms with Gasteiger partial charge in [0.15, 0.2) is 0 Å². The number of anilines is 1. The molecule has 0 unspecified atom stereocenters. The number of fused-ring (bicyclic) bond motifs is 3. The lowest BCUT2D eigenvalue weighted by Crippen LogP contribution is -2.45. The normalized spacial score (nSPS) is 18.4. The minimum Gasteiger partial charge on any atom is -0.369 e. The number of aromatic amines is 1. The van der Waals surface area contributed by atoms with E-state index >= 15 is 0 Å². The molecule has 0 aromatic carbocycles. The Balaban J connectivity index is 1.87. The van der Waals surface area contributed by atoms with Crippen LogP contribution in [-0.4, -0.2) is 53.1 Å². The first kappa shape index (κ1) is 14.9. The summed E-state index contributed by atoms with van der Waals surface area (Å²) >= 11 is 0. The third-order valence-corrected chi connectivity index (χ3v) is 4.94. The fourth-order valence-corrected chi connectivity index (χ4v) is 3.62. The van der Waals surface area contributed by atoms with Gasteiger partial charge in [0.1, 0.15) is 17.4 Å². The van der Waals surface area contributed by atoms with E-state index in [-0.39, 0.29) is 0 Å². The summed E-state index contributed by atoms with van der Waals surface area (Å²) in [5, 5.41) is 11.3. The van der Waals surface area contributed by atoms with Crippen LogP contribution in [0.1, 0.15) is 18.5 Å². The van der Waals surface area contributed by atoms with Gasteiger partial charge in [-0.25, -0.2) is 9.97 Å². The number of nitrogens with zero attached hydrogens (tertiary/aromatic N) is 5. The first-order chi connectivity index (χ1) is 11.7. The van der Waals surface area contributed by atoms with Crippen molar-refractivity contribution in [1.29, 1.82) is 5.26 Å². The molecular weight excluding hydrogens is 300 g/mol. The van der Waals surface area contributed by atoms with E-state index in [1.165, 1.54) is 18.5 Å². The SMILES string of the molecule is CN(C)[C@H]1CCCN(c2ccnc3[nH]c4cnc(C#N)cc4c23)C1. The summed E-state index contributed by atoms with van der Waals surface area (Å²) in [4.78, 5) is 16.7. The third-order valence-electron chi connectivity index (χ3n) is 4.94. The van der Waals surface area contributed by atoms with E-state index in [1.54, 1.807) is 6.20 Å². The van der Waals surface area contributed by atoms with Crippen molar-refractivity contribution in [2.24, 2.45) is 0 Å². The highest BCUT2D eigenvalue weighted by atomic mass is 15.2. The van der Waals surface area contributed by atoms with Crippen molar-refractivity contribution in [2.45, 2.75) is 18.9 Å². The Morgan fingerprint density at radius 1 is 1.38 bits per heavy atom. The molecule has 0 amide bonds. The summed E-state index contributed by atoms with van der Waals surface area (Å²) in [6, 6.07) is 6.63. The largest absolute Gasteiger partial charge is 0.369 e. The van der Waals surface area contributed by atoms with Crippen molar-refractivity contribution in [2.75, 3.05) is 32.1 Å². The van der Waals surface area contributed by atoms with Crippen molar-refractivity contribution in [3.05, 3.63) is 30.2 Å². The summed E-state index contributed by atoms with van der Waals surface area (Å²) < 4.78 is 0. The van der Waals surface area contributed by atoms with Gasteiger partial charge in [0.2, 0.25) is 0 Å². The highest BCUT2D eigenvalue weighted by molar-refractivity contribution is 6.12. The Hall–Kier alpha value is -2.65. The second-order valence-electron chi connectivity index (χ2n) is 6.61. The zero-order valence-corrected chi connectivity index (χ0v) is 14.0. The van der Waals surface area contributed by atoms with Gasteiger partial charge in [-0.2, -0.15) is 5.26 Å². The maximum absolute atomic E-state index is 9.17. The monoisotopic (exact) mass is 320 g/mol. The van der Waals surface area contributed by atoms with Crippen LogP contribution in [0.3, 0.4) is 0 Å². The van der Waals surface area contributed by atoms with E-state index in [9.17, 15) is 0 Å². The Morgan fingerprint density at radius 3 is 3.04 bits per heavy atom. The molecule has 0 saturated carbocycles. The molecule has 1 atom stereocenters. The molecule has 4 rings (SSSR count). The van der Waals surface area contributed by atoms with E-state index in [4.69, 9.17) is 5.26 Å². The molecule has 24 heavy (non-hydrogen) atoms. The van der Waals surface area contributed by atoms with E-state index in [2.05, 4.69) is 51.0 Å². The lowest BCUT2D eigenvalue weighted by molar-refractivity contribution is 0.258. The lowest BCUT2D eigenvalue weighted by atomic mass is 10.0. The molecule has 0 spiro atoms. The molecule has 1 fully saturated rings. The first-order valence-electron chi connectivity index (χ1n) is 8.25. The molecule has 6 nitrogen and oxygen atoms in total. The van der Waals surface area contributed by atoms with Crippen LogP contribution < -0.4 is 4.90 Å². The molecule has 1 N–H and O–H groups in total. The summed E-state index contributed by atoms with van der Waals surface area (Å²) in [6.45, 7) is 2.06. The summed E-state index contributed by atoms with van der Waals surface area (Å²) in [5.74, 6) is 0. The van der Waals surface area contributed by atoms with Gasteiger partial charge in [-0.05, 0) is 39.1 Å². The van der Waals surface area contributed by atoms with Gasteiger partial charge in [-0.3, -0.25) is 0 Å². The molecule has 0 bridgehead atoms. The highest BCUT2D eigenvalue weighted by Gasteiger charge is 2.24. The molecule has 3 aromatic heterocycles. The Labute approximate surface area is 140 Å². The first-order valence-corrected chi connectivity index (χ1v) is 8.25. The minimum atomic E-state index is 0.433. The fraction of sp³-hybridized carbons (Fsp3) is 0.389. The van der Waals surface area contributed by atoms with Crippen LogP contribution in [-0.2, 0) is 0 Å². The lowest BCUT2D eigenvalue weighted by Gasteiger charge is -2.37. The number of hydrogen-bond acceptors (Lipinski definition) is 5. The van der Waals surface area contributed by atoms with Gasteiger partial charge >= 0.3 is 0 Å². The van der Waals surface area contributed by atoms with Gasteiger partial charge in [0.25, 0.3) is 0 Å². The van der Waals surface area contributed by atoms with Crippen LogP contribution in [0.4, 0.5) is 5.69 Å². The van der Waals surface area contributed by atoms with Crippen molar-refractivity contribution in [3.63, 3.8) is 0 Å². The standard InChI is InChI=1S/C18H20N6/c1-23(2)13-4-3-7-24(11-13)16-5-6-20-18-17(16)14-8-12(9-19)21-10-15(14)22-18/h5-6,8,10,13H,3-4,7,11H2,1-2H3,(H,20,22)/t13-/m0/s1. The zero-order valence-electron chi connectivity index (χ0n) is 14.0. The Morgan fingerprint density at radius 2 is 2.25 bits per heavy atom. The number of piperidine rings is 1. The number of H-pyrrole nitrogens is 1. The number of hydrogen-bond donors (Lipinski definition) is 1. The molecule has 4 heterocycles. The second kappa shape index (κ2) is 5.77. The summed E-state index contributed by atoms with van der Waals surface area (Å²) in [6.07, 6.45) is 5.98. The van der Waals surface area contributed by atoms with Crippen molar-refractivity contribution < 1.29 is 0 Å². The molecule has 1 aliphatic heterocycles. The van der Waals surface area contributed by atoms with Crippen LogP contribution in [0, 0.1) is 11.3 Å². The maximum Gasteiger partial charge on any atom is 0.141 e. The molecule has 0 radical (unpaired) electrons. The van der Waals surface area contributed by atoms with E-state index < -0.39 is 0 Å². The maximum atomic E-state index is 9.17. The van der Waals surface area contributed by atoms with E-state index in [0.29, 0.717) is 11.7 Å². The van der Waals surface area contributed by atoms with Crippen LogP contribution in [0.5, 0.6) is 0 Å². The van der Waals surface area contributed by atoms with Gasteiger partial charge in [-0.1, -0.05) is 0 Å². The van der Waals surface area contributed by atoms with Gasteiger partial charge in [-0.15, -0.1) is 0 Å². The molecule has 6 heteroatoms. The van der Waals surface area contributed by atoms with Crippen molar-refractivity contribution in [1.82, 2.24) is 19.9 Å². The van der Waals surface area contributed by atoms with Crippen LogP contribution in [0.25, 0.3) is 21.9 Å². The number of likely N-dealkylation sites (N-methyl/N-ethyl adjacent to an activating group) is 1. The third kappa shape index (κ3) is 2.38. The molecular formula is C18H20N6. The van der Waals surface area contributed by atoms with Crippen LogP contribution in [0.2, 0.25) is 0 Å². The minimum absolute atomic E-state index is 0.433. The average molecular weight is 320 g/mol. The van der Waals surface area contributed by atoms with Gasteiger partial charge < -0.3 is 14.8 Å². The highest BCUT2D eigenvalue weighted by Crippen LogP contribution is 2.34. The Bertz CT molecular complexity index is 936. The van der Waals surface area contributed by atoms with Crippen LogP contribution in [0.15, 0.2) is 24.5 Å². The van der Waals surface area contributed by atoms with Crippen molar-refractivity contribution >= 4 is 27.6 Å². The summed E-state index contributed by atoms with van der Waals surface area (Å²) in [7, 11) is 4.29. The number of pyridine rings is 2. The number of nitriles is 1. The quantitative estimate of drug-likeness (QED) is 0.785. The van der Waals surface area contributed by atoms with E-state index in [0.717, 1.165) is 35.0 Å². The topological polar surface area (TPSA) is 71.8 Å². The Kier molecular flexibility index (Phi) is 3.58. The predicted octanol–water partition coefficient (Wildman–Crippen LogP) is 2.51. The average Bonchev–Trinajstić information content (AvgIpc) is 2.99.